The number of rotatable bonds is 26. The minimum Gasteiger partial charge on any atom is -0.463 e. The van der Waals surface area contributed by atoms with Crippen LogP contribution < -0.4 is 5.32 Å². The number of carbonyl (C=O) groups excluding carboxylic acids is 4. The standard InChI is InChI=1S/C43H81NO7/c1-39(2,3)28-20-18-16-14-13-15-17-19-24-35(45)44-43(32-49-36(46)25-21-29-40(4,5)6,33-50-37(47)26-22-30-41(7,8)9)34-51-38(48)27-23-31-42(10,11)12/h13-34H2,1-12H3,(H,44,45). The Hall–Kier alpha value is -2.12. The zero-order chi connectivity index (χ0) is 39.2. The Labute approximate surface area is 314 Å². The normalized spacial score (nSPS) is 12.8. The maximum absolute atomic E-state index is 13.4. The second-order valence-electron chi connectivity index (χ2n) is 19.9. The summed E-state index contributed by atoms with van der Waals surface area (Å²) in [7, 11) is 0. The van der Waals surface area contributed by atoms with Gasteiger partial charge in [0.1, 0.15) is 25.4 Å². The SMILES string of the molecule is CC(C)(C)CCCCCCCCCCC(=O)NC(COC(=O)CCCC(C)(C)C)(COC(=O)CCCC(C)(C)C)COC(=O)CCCC(C)(C)C. The van der Waals surface area contributed by atoms with Gasteiger partial charge in [-0.25, -0.2) is 0 Å². The first-order valence-corrected chi connectivity index (χ1v) is 20.2. The highest BCUT2D eigenvalue weighted by molar-refractivity contribution is 5.77. The molecule has 1 N–H and O–H groups in total. The zero-order valence-corrected chi connectivity index (χ0v) is 35.4. The van der Waals surface area contributed by atoms with Gasteiger partial charge in [-0.1, -0.05) is 128 Å². The van der Waals surface area contributed by atoms with E-state index in [4.69, 9.17) is 14.2 Å². The van der Waals surface area contributed by atoms with Gasteiger partial charge in [0.15, 0.2) is 0 Å². The molecule has 0 saturated heterocycles. The topological polar surface area (TPSA) is 108 Å². The summed E-state index contributed by atoms with van der Waals surface area (Å²) in [5.41, 5.74) is -0.720. The van der Waals surface area contributed by atoms with Crippen LogP contribution in [-0.2, 0) is 33.4 Å². The molecule has 0 saturated carbocycles. The lowest BCUT2D eigenvalue weighted by Gasteiger charge is -2.33. The summed E-state index contributed by atoms with van der Waals surface area (Å²) in [5, 5.41) is 3.00. The van der Waals surface area contributed by atoms with E-state index in [1.54, 1.807) is 0 Å². The molecule has 51 heavy (non-hydrogen) atoms. The Kier molecular flexibility index (Phi) is 23.2. The number of amides is 1. The molecule has 0 rings (SSSR count). The minimum atomic E-state index is -1.39. The molecule has 0 unspecified atom stereocenters. The molecule has 0 aromatic heterocycles. The summed E-state index contributed by atoms with van der Waals surface area (Å²) in [6.45, 7) is 25.2. The van der Waals surface area contributed by atoms with E-state index >= 15 is 0 Å². The molecular formula is C43H81NO7. The van der Waals surface area contributed by atoms with Crippen LogP contribution >= 0.6 is 0 Å². The Balaban J connectivity index is 5.55. The number of ether oxygens (including phenoxy) is 3. The predicted molar refractivity (Wildman–Crippen MR) is 209 cm³/mol. The number of hydrogen-bond acceptors (Lipinski definition) is 7. The molecule has 8 heteroatoms. The highest BCUT2D eigenvalue weighted by Crippen LogP contribution is 2.25. The summed E-state index contributed by atoms with van der Waals surface area (Å²) in [5.74, 6) is -1.44. The van der Waals surface area contributed by atoms with Gasteiger partial charge < -0.3 is 19.5 Å². The fourth-order valence-corrected chi connectivity index (χ4v) is 5.75. The van der Waals surface area contributed by atoms with Gasteiger partial charge in [0.2, 0.25) is 5.91 Å². The molecule has 0 aliphatic heterocycles. The van der Waals surface area contributed by atoms with Crippen molar-refractivity contribution in [2.45, 2.75) is 211 Å². The summed E-state index contributed by atoms with van der Waals surface area (Å²) in [6.07, 6.45) is 15.7. The molecule has 0 heterocycles. The third-order valence-electron chi connectivity index (χ3n) is 8.94. The number of unbranched alkanes of at least 4 members (excludes halogenated alkanes) is 7. The van der Waals surface area contributed by atoms with E-state index in [0.29, 0.717) is 24.7 Å². The van der Waals surface area contributed by atoms with Gasteiger partial charge in [0.05, 0.1) is 0 Å². The van der Waals surface area contributed by atoms with Crippen molar-refractivity contribution >= 4 is 23.8 Å². The number of carbonyl (C=O) groups is 4. The molecule has 0 fully saturated rings. The van der Waals surface area contributed by atoms with Crippen molar-refractivity contribution in [1.29, 1.82) is 0 Å². The van der Waals surface area contributed by atoms with Gasteiger partial charge in [0, 0.05) is 25.7 Å². The average Bonchev–Trinajstić information content (AvgIpc) is 2.96. The summed E-state index contributed by atoms with van der Waals surface area (Å²) >= 11 is 0. The van der Waals surface area contributed by atoms with E-state index < -0.39 is 23.4 Å². The fraction of sp³-hybridized carbons (Fsp3) is 0.907. The van der Waals surface area contributed by atoms with Crippen LogP contribution in [-0.4, -0.2) is 49.2 Å². The molecule has 0 aromatic rings. The highest BCUT2D eigenvalue weighted by atomic mass is 16.6. The van der Waals surface area contributed by atoms with Crippen molar-refractivity contribution in [3.05, 3.63) is 0 Å². The fourth-order valence-electron chi connectivity index (χ4n) is 5.75. The molecule has 0 atom stereocenters. The van der Waals surface area contributed by atoms with Gasteiger partial charge in [0.25, 0.3) is 0 Å². The lowest BCUT2D eigenvalue weighted by atomic mass is 9.89. The Morgan fingerprint density at radius 2 is 0.647 bits per heavy atom. The third kappa shape index (κ3) is 32.3. The Bertz CT molecular complexity index is 903. The van der Waals surface area contributed by atoms with Crippen molar-refractivity contribution in [1.82, 2.24) is 5.32 Å². The minimum absolute atomic E-state index is 0.0898. The van der Waals surface area contributed by atoms with Gasteiger partial charge >= 0.3 is 17.9 Å². The van der Waals surface area contributed by atoms with E-state index in [9.17, 15) is 19.2 Å². The van der Waals surface area contributed by atoms with Crippen LogP contribution in [0.3, 0.4) is 0 Å². The van der Waals surface area contributed by atoms with Crippen LogP contribution in [0.5, 0.6) is 0 Å². The number of esters is 3. The summed E-state index contributed by atoms with van der Waals surface area (Å²) < 4.78 is 17.2. The molecule has 300 valence electrons. The molecule has 0 spiro atoms. The predicted octanol–water partition coefficient (Wildman–Crippen LogP) is 11.1. The van der Waals surface area contributed by atoms with Crippen molar-refractivity contribution < 1.29 is 33.4 Å². The van der Waals surface area contributed by atoms with Gasteiger partial charge in [-0.2, -0.15) is 0 Å². The molecule has 0 radical (unpaired) electrons. The lowest BCUT2D eigenvalue weighted by Crippen LogP contribution is -2.59. The van der Waals surface area contributed by atoms with Crippen molar-refractivity contribution in [2.75, 3.05) is 19.8 Å². The van der Waals surface area contributed by atoms with Crippen molar-refractivity contribution in [3.63, 3.8) is 0 Å². The largest absolute Gasteiger partial charge is 0.463 e. The van der Waals surface area contributed by atoms with E-state index in [2.05, 4.69) is 88.4 Å². The monoisotopic (exact) mass is 724 g/mol. The second-order valence-corrected chi connectivity index (χ2v) is 19.9. The van der Waals surface area contributed by atoms with Crippen LogP contribution in [0.25, 0.3) is 0 Å². The van der Waals surface area contributed by atoms with Crippen molar-refractivity contribution in [2.24, 2.45) is 21.7 Å². The first-order valence-electron chi connectivity index (χ1n) is 20.2. The first-order chi connectivity index (χ1) is 23.4. The van der Waals surface area contributed by atoms with Crippen LogP contribution in [0.2, 0.25) is 0 Å². The molecule has 0 aliphatic rings. The van der Waals surface area contributed by atoms with Gasteiger partial charge in [-0.3, -0.25) is 19.2 Å². The van der Waals surface area contributed by atoms with Crippen LogP contribution in [0, 0.1) is 21.7 Å². The summed E-state index contributed by atoms with van der Waals surface area (Å²) in [4.78, 5) is 52.0. The van der Waals surface area contributed by atoms with Crippen molar-refractivity contribution in [3.8, 4) is 0 Å². The molecule has 8 nitrogen and oxygen atoms in total. The molecule has 0 bridgehead atoms. The molecule has 1 amide bonds. The molecule has 0 aliphatic carbocycles. The maximum atomic E-state index is 13.4. The Morgan fingerprint density at radius 3 is 0.961 bits per heavy atom. The maximum Gasteiger partial charge on any atom is 0.305 e. The Morgan fingerprint density at radius 1 is 0.373 bits per heavy atom. The van der Waals surface area contributed by atoms with E-state index in [1.165, 1.54) is 32.1 Å². The van der Waals surface area contributed by atoms with Crippen LogP contribution in [0.1, 0.15) is 205 Å². The van der Waals surface area contributed by atoms with Gasteiger partial charge in [-0.15, -0.1) is 0 Å². The van der Waals surface area contributed by atoms with E-state index in [-0.39, 0.29) is 67.7 Å². The number of nitrogens with one attached hydrogen (secondary N) is 1. The highest BCUT2D eigenvalue weighted by Gasteiger charge is 2.37. The average molecular weight is 724 g/mol. The summed E-state index contributed by atoms with van der Waals surface area (Å²) in [6, 6.07) is 0. The third-order valence-corrected chi connectivity index (χ3v) is 8.94. The molecule has 0 aromatic carbocycles. The number of hydrogen-bond donors (Lipinski definition) is 1. The smallest absolute Gasteiger partial charge is 0.305 e. The van der Waals surface area contributed by atoms with E-state index in [1.807, 2.05) is 0 Å². The van der Waals surface area contributed by atoms with Gasteiger partial charge in [-0.05, 0) is 73.0 Å². The quantitative estimate of drug-likeness (QED) is 0.0537. The van der Waals surface area contributed by atoms with E-state index in [0.717, 1.165) is 44.9 Å². The van der Waals surface area contributed by atoms with Crippen LogP contribution in [0.15, 0.2) is 0 Å². The van der Waals surface area contributed by atoms with Crippen LogP contribution in [0.4, 0.5) is 0 Å². The lowest BCUT2D eigenvalue weighted by molar-refractivity contribution is -0.159. The first kappa shape index (κ1) is 48.9. The second kappa shape index (κ2) is 24.2. The zero-order valence-electron chi connectivity index (χ0n) is 35.4. The molecular weight excluding hydrogens is 642 g/mol.